The van der Waals surface area contributed by atoms with Crippen molar-refractivity contribution in [3.8, 4) is 22.4 Å². The van der Waals surface area contributed by atoms with Crippen molar-refractivity contribution in [2.45, 2.75) is 13.8 Å². The smallest absolute Gasteiger partial charge is 0.161 e. The van der Waals surface area contributed by atoms with Crippen LogP contribution in [0, 0.1) is 13.8 Å². The molecule has 0 fully saturated rings. The Bertz CT molecular complexity index is 1930. The molecular formula is C32H22N2O. The van der Waals surface area contributed by atoms with Crippen LogP contribution >= 0.6 is 0 Å². The Labute approximate surface area is 202 Å². The second kappa shape index (κ2) is 7.51. The van der Waals surface area contributed by atoms with E-state index in [0.29, 0.717) is 0 Å². The molecule has 0 unspecified atom stereocenters. The summed E-state index contributed by atoms with van der Waals surface area (Å²) in [5.74, 6) is 0. The van der Waals surface area contributed by atoms with Crippen molar-refractivity contribution in [3.05, 3.63) is 108 Å². The predicted octanol–water partition coefficient (Wildman–Crippen LogP) is 8.63. The van der Waals surface area contributed by atoms with E-state index in [9.17, 15) is 0 Å². The third kappa shape index (κ3) is 3.05. The van der Waals surface area contributed by atoms with E-state index in [1.165, 1.54) is 21.9 Å². The van der Waals surface area contributed by atoms with Gasteiger partial charge in [0.05, 0.1) is 5.69 Å². The minimum atomic E-state index is 0.829. The second-order valence-electron chi connectivity index (χ2n) is 9.14. The van der Waals surface area contributed by atoms with Crippen LogP contribution < -0.4 is 0 Å². The number of furan rings is 1. The first-order valence-corrected chi connectivity index (χ1v) is 11.8. The number of rotatable bonds is 2. The topological polar surface area (TPSA) is 38.9 Å². The highest BCUT2D eigenvalue weighted by Gasteiger charge is 2.16. The molecule has 0 bridgehead atoms. The van der Waals surface area contributed by atoms with Crippen molar-refractivity contribution in [2.24, 2.45) is 0 Å². The van der Waals surface area contributed by atoms with Crippen LogP contribution in [0.1, 0.15) is 11.3 Å². The van der Waals surface area contributed by atoms with E-state index < -0.39 is 0 Å². The van der Waals surface area contributed by atoms with Crippen LogP contribution in [0.15, 0.2) is 102 Å². The van der Waals surface area contributed by atoms with Gasteiger partial charge in [0, 0.05) is 33.6 Å². The maximum atomic E-state index is 6.53. The number of para-hydroxylation sites is 1. The van der Waals surface area contributed by atoms with E-state index >= 15 is 0 Å². The van der Waals surface area contributed by atoms with Gasteiger partial charge in [-0.25, -0.2) is 4.98 Å². The number of hydrogen-bond acceptors (Lipinski definition) is 3. The molecule has 4 aromatic carbocycles. The quantitative estimate of drug-likeness (QED) is 0.265. The number of hydrogen-bond donors (Lipinski definition) is 0. The molecule has 3 heteroatoms. The third-order valence-electron chi connectivity index (χ3n) is 7.01. The molecule has 3 aromatic heterocycles. The first-order chi connectivity index (χ1) is 17.2. The largest absolute Gasteiger partial charge is 0.453 e. The minimum Gasteiger partial charge on any atom is -0.453 e. The van der Waals surface area contributed by atoms with Crippen molar-refractivity contribution >= 4 is 43.6 Å². The van der Waals surface area contributed by atoms with Gasteiger partial charge < -0.3 is 4.42 Å². The Morgan fingerprint density at radius 1 is 0.629 bits per heavy atom. The molecule has 0 atom stereocenters. The maximum absolute atomic E-state index is 6.53. The normalized spacial score (nSPS) is 11.7. The minimum absolute atomic E-state index is 0.829. The Kier molecular flexibility index (Phi) is 4.27. The number of benzene rings is 4. The van der Waals surface area contributed by atoms with E-state index in [1.807, 2.05) is 19.2 Å². The first-order valence-electron chi connectivity index (χ1n) is 11.8. The summed E-state index contributed by atoms with van der Waals surface area (Å²) in [7, 11) is 0. The van der Waals surface area contributed by atoms with Gasteiger partial charge in [-0.15, -0.1) is 0 Å². The zero-order valence-corrected chi connectivity index (χ0v) is 19.5. The summed E-state index contributed by atoms with van der Waals surface area (Å²) in [6.07, 6.45) is 1.89. The van der Waals surface area contributed by atoms with E-state index in [0.717, 1.165) is 55.4 Å². The molecular weight excluding hydrogens is 428 g/mol. The molecule has 35 heavy (non-hydrogen) atoms. The average Bonchev–Trinajstić information content (AvgIpc) is 3.29. The number of nitrogens with zero attached hydrogens (tertiary/aromatic N) is 2. The molecule has 0 radical (unpaired) electrons. The summed E-state index contributed by atoms with van der Waals surface area (Å²) in [6.45, 7) is 4.20. The molecule has 0 saturated heterocycles. The van der Waals surface area contributed by atoms with Crippen LogP contribution in [0.4, 0.5) is 0 Å². The Balaban J connectivity index is 1.45. The lowest BCUT2D eigenvalue weighted by Crippen LogP contribution is -1.89. The Morgan fingerprint density at radius 2 is 1.43 bits per heavy atom. The molecule has 7 rings (SSSR count). The third-order valence-corrected chi connectivity index (χ3v) is 7.01. The van der Waals surface area contributed by atoms with Crippen molar-refractivity contribution in [1.82, 2.24) is 9.97 Å². The fraction of sp³-hybridized carbons (Fsp3) is 0.0625. The number of fused-ring (bicyclic) bond motifs is 6. The van der Waals surface area contributed by atoms with Crippen LogP contribution in [-0.2, 0) is 0 Å². The number of aryl methyl sites for hydroxylation is 2. The monoisotopic (exact) mass is 450 g/mol. The van der Waals surface area contributed by atoms with Gasteiger partial charge in [0.25, 0.3) is 0 Å². The van der Waals surface area contributed by atoms with E-state index in [-0.39, 0.29) is 0 Å². The summed E-state index contributed by atoms with van der Waals surface area (Å²) in [5.41, 5.74) is 9.07. The standard InChI is InChI=1S/C32H22N2O/c1-19-10-11-22-13-15-27-26-8-5-9-28(31(26)35-32(27)30(22)34-19)29-18-23(16-17-33-29)25-14-12-21-6-3-4-7-24(21)20(25)2/h3-18H,1-2H3. The molecule has 3 heterocycles. The lowest BCUT2D eigenvalue weighted by molar-refractivity contribution is 0.672. The summed E-state index contributed by atoms with van der Waals surface area (Å²) < 4.78 is 6.53. The second-order valence-corrected chi connectivity index (χ2v) is 9.14. The van der Waals surface area contributed by atoms with Crippen LogP contribution in [0.25, 0.3) is 66.0 Å². The summed E-state index contributed by atoms with van der Waals surface area (Å²) in [4.78, 5) is 9.53. The van der Waals surface area contributed by atoms with Crippen molar-refractivity contribution in [1.29, 1.82) is 0 Å². The molecule has 0 aliphatic rings. The van der Waals surface area contributed by atoms with Crippen LogP contribution in [0.2, 0.25) is 0 Å². The lowest BCUT2D eigenvalue weighted by Gasteiger charge is -2.11. The van der Waals surface area contributed by atoms with E-state index in [2.05, 4.69) is 91.9 Å². The van der Waals surface area contributed by atoms with Gasteiger partial charge in [-0.05, 0) is 71.6 Å². The fourth-order valence-electron chi connectivity index (χ4n) is 5.22. The van der Waals surface area contributed by atoms with Crippen molar-refractivity contribution in [2.75, 3.05) is 0 Å². The van der Waals surface area contributed by atoms with E-state index in [4.69, 9.17) is 14.4 Å². The highest BCUT2D eigenvalue weighted by molar-refractivity contribution is 6.16. The molecule has 0 spiro atoms. The molecule has 0 aliphatic carbocycles. The Hall–Kier alpha value is -4.50. The van der Waals surface area contributed by atoms with Gasteiger partial charge in [0.15, 0.2) is 5.58 Å². The number of aromatic nitrogens is 2. The van der Waals surface area contributed by atoms with Crippen LogP contribution in [0.3, 0.4) is 0 Å². The zero-order valence-electron chi connectivity index (χ0n) is 19.5. The molecule has 166 valence electrons. The Morgan fingerprint density at radius 3 is 2.37 bits per heavy atom. The van der Waals surface area contributed by atoms with Crippen LogP contribution in [0.5, 0.6) is 0 Å². The van der Waals surface area contributed by atoms with Gasteiger partial charge >= 0.3 is 0 Å². The first kappa shape index (κ1) is 19.9. The van der Waals surface area contributed by atoms with Crippen molar-refractivity contribution < 1.29 is 4.42 Å². The highest BCUT2D eigenvalue weighted by atomic mass is 16.3. The summed E-state index contributed by atoms with van der Waals surface area (Å²) in [5, 5.41) is 5.77. The number of pyridine rings is 2. The SMILES string of the molecule is Cc1ccc2ccc3c4cccc(-c5cc(-c6ccc7ccccc7c6C)ccn5)c4oc3c2n1. The van der Waals surface area contributed by atoms with Gasteiger partial charge in [-0.3, -0.25) is 4.98 Å². The molecule has 0 saturated carbocycles. The lowest BCUT2D eigenvalue weighted by atomic mass is 9.94. The molecule has 0 N–H and O–H groups in total. The summed E-state index contributed by atoms with van der Waals surface area (Å²) >= 11 is 0. The van der Waals surface area contributed by atoms with Crippen LogP contribution in [-0.4, -0.2) is 9.97 Å². The van der Waals surface area contributed by atoms with E-state index in [1.54, 1.807) is 0 Å². The zero-order chi connectivity index (χ0) is 23.5. The van der Waals surface area contributed by atoms with Crippen molar-refractivity contribution in [3.63, 3.8) is 0 Å². The fourth-order valence-corrected chi connectivity index (χ4v) is 5.22. The van der Waals surface area contributed by atoms with Gasteiger partial charge in [-0.2, -0.15) is 0 Å². The molecule has 7 aromatic rings. The summed E-state index contributed by atoms with van der Waals surface area (Å²) in [6, 6.07) is 31.8. The molecule has 0 amide bonds. The van der Waals surface area contributed by atoms with Gasteiger partial charge in [-0.1, -0.05) is 60.7 Å². The maximum Gasteiger partial charge on any atom is 0.161 e. The van der Waals surface area contributed by atoms with Gasteiger partial charge in [0.2, 0.25) is 0 Å². The highest BCUT2D eigenvalue weighted by Crippen LogP contribution is 2.39. The molecule has 3 nitrogen and oxygen atoms in total. The predicted molar refractivity (Wildman–Crippen MR) is 145 cm³/mol. The van der Waals surface area contributed by atoms with Gasteiger partial charge in [0.1, 0.15) is 11.1 Å². The average molecular weight is 451 g/mol. The molecule has 0 aliphatic heterocycles.